The molecule has 4 aromatic rings. The molecular formula is C23H21N5O2. The summed E-state index contributed by atoms with van der Waals surface area (Å²) in [6, 6.07) is 16.1. The van der Waals surface area contributed by atoms with E-state index in [9.17, 15) is 9.59 Å². The second-order valence-electron chi connectivity index (χ2n) is 7.04. The second-order valence-corrected chi connectivity index (χ2v) is 7.04. The lowest BCUT2D eigenvalue weighted by Crippen LogP contribution is -2.25. The smallest absolute Gasteiger partial charge is 0.261 e. The van der Waals surface area contributed by atoms with Gasteiger partial charge in [0.05, 0.1) is 23.3 Å². The Bertz CT molecular complexity index is 1310. The van der Waals surface area contributed by atoms with Crippen molar-refractivity contribution in [1.82, 2.24) is 19.9 Å². The zero-order valence-corrected chi connectivity index (χ0v) is 16.7. The lowest BCUT2D eigenvalue weighted by Gasteiger charge is -2.16. The van der Waals surface area contributed by atoms with Gasteiger partial charge in [-0.15, -0.1) is 0 Å². The van der Waals surface area contributed by atoms with Gasteiger partial charge >= 0.3 is 0 Å². The van der Waals surface area contributed by atoms with E-state index in [1.54, 1.807) is 48.4 Å². The van der Waals surface area contributed by atoms with Gasteiger partial charge in [0.15, 0.2) is 0 Å². The molecule has 0 spiro atoms. The van der Waals surface area contributed by atoms with Gasteiger partial charge in [-0.3, -0.25) is 14.2 Å². The van der Waals surface area contributed by atoms with Crippen molar-refractivity contribution in [2.45, 2.75) is 13.0 Å². The second kappa shape index (κ2) is 7.79. The van der Waals surface area contributed by atoms with Crippen LogP contribution in [0.4, 0.5) is 5.82 Å². The summed E-state index contributed by atoms with van der Waals surface area (Å²) in [4.78, 5) is 33.6. The lowest BCUT2D eigenvalue weighted by atomic mass is 10.0. The van der Waals surface area contributed by atoms with Gasteiger partial charge in [-0.25, -0.2) is 9.97 Å². The summed E-state index contributed by atoms with van der Waals surface area (Å²) >= 11 is 0. The van der Waals surface area contributed by atoms with Gasteiger partial charge in [-0.1, -0.05) is 18.2 Å². The maximum absolute atomic E-state index is 13.1. The number of aromatic nitrogens is 3. The Morgan fingerprint density at radius 3 is 2.63 bits per heavy atom. The van der Waals surface area contributed by atoms with Crippen LogP contribution >= 0.6 is 0 Å². The molecule has 4 rings (SSSR count). The highest BCUT2D eigenvalue weighted by atomic mass is 16.1. The molecule has 0 bridgehead atoms. The van der Waals surface area contributed by atoms with Crippen LogP contribution in [0.2, 0.25) is 0 Å². The first-order valence-corrected chi connectivity index (χ1v) is 9.53. The Hall–Kier alpha value is -4.00. The van der Waals surface area contributed by atoms with E-state index in [-0.39, 0.29) is 17.5 Å². The summed E-state index contributed by atoms with van der Waals surface area (Å²) in [5.74, 6) is 0.265. The number of nitrogen functional groups attached to an aromatic ring is 1. The van der Waals surface area contributed by atoms with Gasteiger partial charge in [0, 0.05) is 18.8 Å². The minimum atomic E-state index is -0.279. The number of nitrogens with two attached hydrogens (primary N) is 1. The van der Waals surface area contributed by atoms with Crippen molar-refractivity contribution in [2.75, 3.05) is 12.8 Å². The largest absolute Gasteiger partial charge is 0.384 e. The molecular weight excluding hydrogens is 378 g/mol. The fraction of sp³-hybridized carbons (Fsp3) is 0.130. The predicted molar refractivity (Wildman–Crippen MR) is 117 cm³/mol. The molecule has 0 aliphatic carbocycles. The first kappa shape index (κ1) is 19.3. The molecule has 2 aromatic carbocycles. The van der Waals surface area contributed by atoms with E-state index in [1.165, 1.54) is 0 Å². The summed E-state index contributed by atoms with van der Waals surface area (Å²) < 4.78 is 1.58. The highest BCUT2D eigenvalue weighted by molar-refractivity contribution is 5.94. The van der Waals surface area contributed by atoms with Gasteiger partial charge in [-0.05, 0) is 60.0 Å². The van der Waals surface area contributed by atoms with Crippen molar-refractivity contribution in [3.05, 3.63) is 88.6 Å². The number of carbonyl (C=O) groups is 1. The van der Waals surface area contributed by atoms with E-state index in [0.717, 1.165) is 16.7 Å². The van der Waals surface area contributed by atoms with Crippen LogP contribution in [-0.2, 0) is 0 Å². The Kier molecular flexibility index (Phi) is 5.02. The zero-order valence-electron chi connectivity index (χ0n) is 16.7. The van der Waals surface area contributed by atoms with Crippen LogP contribution < -0.4 is 16.6 Å². The molecule has 0 unspecified atom stereocenters. The van der Waals surface area contributed by atoms with Crippen molar-refractivity contribution in [3.63, 3.8) is 0 Å². The van der Waals surface area contributed by atoms with Crippen molar-refractivity contribution in [1.29, 1.82) is 0 Å². The Morgan fingerprint density at radius 1 is 1.07 bits per heavy atom. The first-order valence-electron chi connectivity index (χ1n) is 9.53. The van der Waals surface area contributed by atoms with Gasteiger partial charge in [-0.2, -0.15) is 0 Å². The third-order valence-corrected chi connectivity index (χ3v) is 5.17. The topological polar surface area (TPSA) is 103 Å². The number of pyridine rings is 1. The minimum Gasteiger partial charge on any atom is -0.384 e. The van der Waals surface area contributed by atoms with Crippen LogP contribution in [0.1, 0.15) is 28.9 Å². The third kappa shape index (κ3) is 3.53. The first-order chi connectivity index (χ1) is 14.5. The Balaban J connectivity index is 1.74. The molecule has 0 radical (unpaired) electrons. The average molecular weight is 399 g/mol. The van der Waals surface area contributed by atoms with Crippen molar-refractivity contribution < 1.29 is 4.79 Å². The highest BCUT2D eigenvalue weighted by Gasteiger charge is 2.14. The fourth-order valence-corrected chi connectivity index (χ4v) is 3.46. The molecule has 1 amide bonds. The van der Waals surface area contributed by atoms with Crippen LogP contribution in [0.3, 0.4) is 0 Å². The molecule has 2 heterocycles. The normalized spacial score (nSPS) is 11.9. The molecule has 150 valence electrons. The number of benzene rings is 2. The molecule has 0 aliphatic rings. The monoisotopic (exact) mass is 399 g/mol. The lowest BCUT2D eigenvalue weighted by molar-refractivity contribution is 0.0963. The SMILES string of the molecule is CNC(=O)c1cccc([C@@H](C)n2cnc3cc(-c4ccnc(N)c4)ccc3c2=O)c1. The molecule has 0 aliphatic heterocycles. The number of carbonyl (C=O) groups excluding carboxylic acids is 1. The van der Waals surface area contributed by atoms with E-state index in [4.69, 9.17) is 5.73 Å². The van der Waals surface area contributed by atoms with Crippen LogP contribution in [0.25, 0.3) is 22.0 Å². The van der Waals surface area contributed by atoms with E-state index < -0.39 is 0 Å². The van der Waals surface area contributed by atoms with Crippen molar-refractivity contribution in [3.8, 4) is 11.1 Å². The van der Waals surface area contributed by atoms with Crippen LogP contribution in [0.15, 0.2) is 71.9 Å². The Morgan fingerprint density at radius 2 is 1.87 bits per heavy atom. The fourth-order valence-electron chi connectivity index (χ4n) is 3.46. The Labute approximate surface area is 173 Å². The number of fused-ring (bicyclic) bond motifs is 1. The van der Waals surface area contributed by atoms with Gasteiger partial charge in [0.1, 0.15) is 5.82 Å². The van der Waals surface area contributed by atoms with E-state index in [2.05, 4.69) is 15.3 Å². The van der Waals surface area contributed by atoms with Gasteiger partial charge < -0.3 is 11.1 Å². The van der Waals surface area contributed by atoms with Crippen molar-refractivity contribution >= 4 is 22.6 Å². The molecule has 7 nitrogen and oxygen atoms in total. The number of hydrogen-bond acceptors (Lipinski definition) is 5. The third-order valence-electron chi connectivity index (χ3n) is 5.17. The number of anilines is 1. The predicted octanol–water partition coefficient (Wildman–Crippen LogP) is 3.01. The summed E-state index contributed by atoms with van der Waals surface area (Å²) in [5.41, 5.74) is 9.46. The van der Waals surface area contributed by atoms with Crippen LogP contribution in [0.5, 0.6) is 0 Å². The van der Waals surface area contributed by atoms with Crippen molar-refractivity contribution in [2.24, 2.45) is 0 Å². The molecule has 7 heteroatoms. The summed E-state index contributed by atoms with van der Waals surface area (Å²) in [7, 11) is 1.59. The van der Waals surface area contributed by atoms with Gasteiger partial charge in [0.2, 0.25) is 0 Å². The average Bonchev–Trinajstić information content (AvgIpc) is 2.78. The minimum absolute atomic E-state index is 0.140. The zero-order chi connectivity index (χ0) is 21.3. The van der Waals surface area contributed by atoms with Crippen LogP contribution in [-0.4, -0.2) is 27.5 Å². The molecule has 0 saturated heterocycles. The summed E-state index contributed by atoms with van der Waals surface area (Å²) in [6.07, 6.45) is 3.20. The van der Waals surface area contributed by atoms with E-state index >= 15 is 0 Å². The van der Waals surface area contributed by atoms with E-state index in [0.29, 0.717) is 22.3 Å². The highest BCUT2D eigenvalue weighted by Crippen LogP contribution is 2.24. The number of nitrogens with one attached hydrogen (secondary N) is 1. The summed E-state index contributed by atoms with van der Waals surface area (Å²) in [6.45, 7) is 1.91. The maximum Gasteiger partial charge on any atom is 0.261 e. The summed E-state index contributed by atoms with van der Waals surface area (Å²) in [5, 5.41) is 3.14. The van der Waals surface area contributed by atoms with E-state index in [1.807, 2.05) is 37.3 Å². The maximum atomic E-state index is 13.1. The molecule has 30 heavy (non-hydrogen) atoms. The molecule has 0 fully saturated rings. The number of hydrogen-bond donors (Lipinski definition) is 2. The number of rotatable bonds is 4. The number of nitrogens with zero attached hydrogens (tertiary/aromatic N) is 3. The molecule has 1 atom stereocenters. The molecule has 3 N–H and O–H groups in total. The van der Waals surface area contributed by atoms with Crippen LogP contribution in [0, 0.1) is 0 Å². The number of amides is 1. The van der Waals surface area contributed by atoms with Gasteiger partial charge in [0.25, 0.3) is 11.5 Å². The quantitative estimate of drug-likeness (QED) is 0.549. The molecule has 2 aromatic heterocycles. The molecule has 0 saturated carbocycles. The standard InChI is InChI=1S/C23H21N5O2/c1-14(15-4-3-5-18(10-15)22(29)25-2)28-13-27-20-11-16(6-7-19(20)23(28)30)17-8-9-26-21(24)12-17/h3-14H,1-2H3,(H2,24,26)(H,25,29)/t14-/m1/s1.